The number of fused-ring (bicyclic) bond motifs is 1. The van der Waals surface area contributed by atoms with Crippen LogP contribution in [0.2, 0.25) is 0 Å². The lowest BCUT2D eigenvalue weighted by atomic mass is 10.1. The van der Waals surface area contributed by atoms with Crippen molar-refractivity contribution >= 4 is 11.7 Å². The van der Waals surface area contributed by atoms with Gasteiger partial charge in [-0.2, -0.15) is 9.50 Å². The van der Waals surface area contributed by atoms with Crippen LogP contribution < -0.4 is 10.9 Å². The van der Waals surface area contributed by atoms with Gasteiger partial charge in [-0.3, -0.25) is 9.89 Å². The molecule has 4 rings (SSSR count). The number of nitrogens with zero attached hydrogens (tertiary/aromatic N) is 3. The van der Waals surface area contributed by atoms with Crippen molar-refractivity contribution in [3.8, 4) is 0 Å². The topological polar surface area (TPSA) is 75.1 Å². The number of benzene rings is 2. The Kier molecular flexibility index (Phi) is 4.46. The van der Waals surface area contributed by atoms with Crippen LogP contribution in [-0.4, -0.2) is 19.6 Å². The molecule has 0 atom stereocenters. The van der Waals surface area contributed by atoms with Crippen LogP contribution in [0.1, 0.15) is 27.9 Å². The highest BCUT2D eigenvalue weighted by Crippen LogP contribution is 2.11. The number of aromatic amines is 1. The van der Waals surface area contributed by atoms with Crippen LogP contribution in [0, 0.1) is 13.8 Å². The van der Waals surface area contributed by atoms with Crippen LogP contribution >= 0.6 is 0 Å². The number of anilines is 1. The third-order valence-corrected chi connectivity index (χ3v) is 4.56. The van der Waals surface area contributed by atoms with Crippen molar-refractivity contribution in [3.05, 3.63) is 92.9 Å². The molecule has 2 N–H and O–H groups in total. The average molecular weight is 359 g/mol. The zero-order valence-electron chi connectivity index (χ0n) is 15.4. The Morgan fingerprint density at radius 1 is 1.00 bits per heavy atom. The fraction of sp³-hybridized carbons (Fsp3) is 0.190. The zero-order valence-corrected chi connectivity index (χ0v) is 15.4. The monoisotopic (exact) mass is 359 g/mol. The van der Waals surface area contributed by atoms with E-state index < -0.39 is 0 Å². The van der Waals surface area contributed by atoms with Gasteiger partial charge in [0.05, 0.1) is 5.69 Å². The molecule has 27 heavy (non-hydrogen) atoms. The van der Waals surface area contributed by atoms with Crippen LogP contribution in [0.3, 0.4) is 0 Å². The molecule has 4 aromatic rings. The summed E-state index contributed by atoms with van der Waals surface area (Å²) >= 11 is 0. The maximum Gasteiger partial charge on any atom is 0.277 e. The fourth-order valence-corrected chi connectivity index (χ4v) is 3.15. The predicted molar refractivity (Wildman–Crippen MR) is 106 cm³/mol. The third-order valence-electron chi connectivity index (χ3n) is 4.56. The zero-order chi connectivity index (χ0) is 18.8. The molecule has 0 spiro atoms. The summed E-state index contributed by atoms with van der Waals surface area (Å²) in [4.78, 5) is 21.8. The summed E-state index contributed by atoms with van der Waals surface area (Å²) in [6.07, 6.45) is 0.548. The lowest BCUT2D eigenvalue weighted by Crippen LogP contribution is -2.22. The minimum Gasteiger partial charge on any atom is -0.351 e. The number of hydrogen-bond donors (Lipinski definition) is 2. The molecule has 136 valence electrons. The quantitative estimate of drug-likeness (QED) is 0.574. The van der Waals surface area contributed by atoms with Crippen molar-refractivity contribution in [1.29, 1.82) is 0 Å². The highest BCUT2D eigenvalue weighted by atomic mass is 16.1. The lowest BCUT2D eigenvalue weighted by molar-refractivity contribution is 0.857. The highest BCUT2D eigenvalue weighted by molar-refractivity contribution is 5.40. The molecule has 2 aromatic carbocycles. The second-order valence-electron chi connectivity index (χ2n) is 6.69. The van der Waals surface area contributed by atoms with E-state index in [0.717, 1.165) is 11.1 Å². The van der Waals surface area contributed by atoms with E-state index in [1.807, 2.05) is 43.3 Å². The molecule has 0 aliphatic rings. The first-order chi connectivity index (χ1) is 13.1. The number of aromatic nitrogens is 4. The van der Waals surface area contributed by atoms with Crippen molar-refractivity contribution in [2.45, 2.75) is 26.8 Å². The van der Waals surface area contributed by atoms with E-state index in [1.165, 1.54) is 10.1 Å². The Bertz CT molecular complexity index is 1140. The largest absolute Gasteiger partial charge is 0.351 e. The van der Waals surface area contributed by atoms with E-state index in [4.69, 9.17) is 0 Å². The van der Waals surface area contributed by atoms with Crippen molar-refractivity contribution in [2.24, 2.45) is 0 Å². The van der Waals surface area contributed by atoms with Crippen LogP contribution in [0.15, 0.2) is 59.4 Å². The Morgan fingerprint density at radius 3 is 2.56 bits per heavy atom. The van der Waals surface area contributed by atoms with Gasteiger partial charge in [0.2, 0.25) is 5.95 Å². The summed E-state index contributed by atoms with van der Waals surface area (Å²) in [5, 5.41) is 6.25. The van der Waals surface area contributed by atoms with Crippen LogP contribution in [0.5, 0.6) is 0 Å². The van der Waals surface area contributed by atoms with Crippen LogP contribution in [0.25, 0.3) is 5.78 Å². The van der Waals surface area contributed by atoms with Crippen LogP contribution in [0.4, 0.5) is 5.95 Å². The summed E-state index contributed by atoms with van der Waals surface area (Å²) < 4.78 is 1.41. The fourth-order valence-electron chi connectivity index (χ4n) is 3.15. The number of rotatable bonds is 5. The summed E-state index contributed by atoms with van der Waals surface area (Å²) in [5.41, 5.74) is 4.71. The molecule has 0 fully saturated rings. The summed E-state index contributed by atoms with van der Waals surface area (Å²) in [6, 6.07) is 18.2. The Morgan fingerprint density at radius 2 is 1.78 bits per heavy atom. The molecule has 0 unspecified atom stereocenters. The van der Waals surface area contributed by atoms with Crippen molar-refractivity contribution in [3.63, 3.8) is 0 Å². The first-order valence-corrected chi connectivity index (χ1v) is 8.92. The summed E-state index contributed by atoms with van der Waals surface area (Å²) in [5.74, 6) is 0.901. The first-order valence-electron chi connectivity index (χ1n) is 8.92. The number of aryl methyl sites for hydroxylation is 2. The van der Waals surface area contributed by atoms with Crippen molar-refractivity contribution < 1.29 is 0 Å². The van der Waals surface area contributed by atoms with Gasteiger partial charge in [0.15, 0.2) is 0 Å². The van der Waals surface area contributed by atoms with Crippen molar-refractivity contribution in [2.75, 3.05) is 5.32 Å². The number of nitrogens with one attached hydrogen (secondary N) is 2. The molecule has 2 heterocycles. The van der Waals surface area contributed by atoms with E-state index >= 15 is 0 Å². The molecule has 6 heteroatoms. The molecule has 0 saturated heterocycles. The first kappa shape index (κ1) is 17.0. The van der Waals surface area contributed by atoms with Gasteiger partial charge < -0.3 is 5.32 Å². The SMILES string of the molecule is Cc1cccc(CNc2nc3nc(C)c(Cc4ccccc4)c(=O)n3[nH]2)c1. The standard InChI is InChI=1S/C21H21N5O/c1-14-7-6-10-17(11-14)13-22-20-24-21-23-15(2)18(19(27)26(21)25-20)12-16-8-4-3-5-9-16/h3-11H,12-13H2,1-2H3,(H2,22,23,24,25). The lowest BCUT2D eigenvalue weighted by Gasteiger charge is -2.05. The second-order valence-corrected chi connectivity index (χ2v) is 6.69. The van der Waals surface area contributed by atoms with Crippen molar-refractivity contribution in [1.82, 2.24) is 19.6 Å². The molecule has 6 nitrogen and oxygen atoms in total. The molecule has 0 radical (unpaired) electrons. The molecule has 0 saturated carbocycles. The van der Waals surface area contributed by atoms with Gasteiger partial charge in [0.1, 0.15) is 0 Å². The average Bonchev–Trinajstić information content (AvgIpc) is 3.07. The van der Waals surface area contributed by atoms with Gasteiger partial charge in [-0.15, -0.1) is 0 Å². The number of H-pyrrole nitrogens is 1. The third kappa shape index (κ3) is 3.60. The van der Waals surface area contributed by atoms with Crippen LogP contribution in [-0.2, 0) is 13.0 Å². The molecular weight excluding hydrogens is 338 g/mol. The molecule has 0 amide bonds. The summed E-state index contributed by atoms with van der Waals surface area (Å²) in [7, 11) is 0. The van der Waals surface area contributed by atoms with Gasteiger partial charge in [-0.25, -0.2) is 4.98 Å². The van der Waals surface area contributed by atoms with Gasteiger partial charge in [0, 0.05) is 18.5 Å². The van der Waals surface area contributed by atoms with Gasteiger partial charge >= 0.3 is 0 Å². The Hall–Kier alpha value is -3.41. The molecule has 2 aromatic heterocycles. The molecule has 0 aliphatic heterocycles. The van der Waals surface area contributed by atoms with E-state index in [2.05, 4.69) is 45.5 Å². The summed E-state index contributed by atoms with van der Waals surface area (Å²) in [6.45, 7) is 4.53. The van der Waals surface area contributed by atoms with Gasteiger partial charge in [-0.05, 0) is 25.0 Å². The number of hydrogen-bond acceptors (Lipinski definition) is 4. The highest BCUT2D eigenvalue weighted by Gasteiger charge is 2.13. The maximum atomic E-state index is 12.9. The van der Waals surface area contributed by atoms with E-state index in [0.29, 0.717) is 35.9 Å². The minimum absolute atomic E-state index is 0.113. The molecular formula is C21H21N5O. The minimum atomic E-state index is -0.113. The van der Waals surface area contributed by atoms with E-state index in [-0.39, 0.29) is 5.56 Å². The van der Waals surface area contributed by atoms with Gasteiger partial charge in [-0.1, -0.05) is 60.2 Å². The molecule has 0 bridgehead atoms. The van der Waals surface area contributed by atoms with E-state index in [1.54, 1.807) is 0 Å². The maximum absolute atomic E-state index is 12.9. The molecule has 0 aliphatic carbocycles. The predicted octanol–water partition coefficient (Wildman–Crippen LogP) is 3.24. The normalized spacial score (nSPS) is 11.0. The Labute approximate surface area is 156 Å². The van der Waals surface area contributed by atoms with Gasteiger partial charge in [0.25, 0.3) is 11.3 Å². The second kappa shape index (κ2) is 7.07. The smallest absolute Gasteiger partial charge is 0.277 e. The Balaban J connectivity index is 1.62. The van der Waals surface area contributed by atoms with E-state index in [9.17, 15) is 4.79 Å².